The Balaban J connectivity index is 2.43. The average Bonchev–Trinajstić information content (AvgIpc) is 3.21. The van der Waals surface area contributed by atoms with Gasteiger partial charge < -0.3 is 39.4 Å². The van der Waals surface area contributed by atoms with Gasteiger partial charge in [-0.05, 0) is 83.5 Å². The Labute approximate surface area is 344 Å². The number of rotatable bonds is 34. The van der Waals surface area contributed by atoms with Crippen molar-refractivity contribution in [2.45, 2.75) is 179 Å². The van der Waals surface area contributed by atoms with E-state index in [4.69, 9.17) is 18.9 Å². The van der Waals surface area contributed by atoms with Gasteiger partial charge in [0, 0.05) is 12.8 Å². The molecule has 1 heterocycles. The molecule has 0 spiro atoms. The van der Waals surface area contributed by atoms with Gasteiger partial charge in [0.2, 0.25) is 0 Å². The highest BCUT2D eigenvalue weighted by Crippen LogP contribution is 2.22. The summed E-state index contributed by atoms with van der Waals surface area (Å²) in [5.41, 5.74) is 0. The zero-order valence-electron chi connectivity index (χ0n) is 35.0. The normalized spacial score (nSPS) is 21.1. The van der Waals surface area contributed by atoms with Crippen LogP contribution in [-0.2, 0) is 28.5 Å². The summed E-state index contributed by atoms with van der Waals surface area (Å²) in [5.74, 6) is -0.926. The third-order valence-electron chi connectivity index (χ3n) is 9.26. The largest absolute Gasteiger partial charge is 0.462 e. The Bertz CT molecular complexity index is 1200. The van der Waals surface area contributed by atoms with Crippen LogP contribution in [0, 0.1) is 0 Å². The molecule has 10 nitrogen and oxygen atoms in total. The molecule has 2 unspecified atom stereocenters. The topological polar surface area (TPSA) is 152 Å². The predicted octanol–water partition coefficient (Wildman–Crippen LogP) is 8.99. The maximum Gasteiger partial charge on any atom is 0.306 e. The van der Waals surface area contributed by atoms with Crippen LogP contribution in [0.15, 0.2) is 85.1 Å². The lowest BCUT2D eigenvalue weighted by Gasteiger charge is -2.39. The first kappa shape index (κ1) is 51.9. The second-order valence-corrected chi connectivity index (χ2v) is 14.4. The molecule has 0 aliphatic carbocycles. The molecule has 6 atom stereocenters. The van der Waals surface area contributed by atoms with E-state index >= 15 is 0 Å². The Hall–Kier alpha value is -3.12. The summed E-state index contributed by atoms with van der Waals surface area (Å²) in [4.78, 5) is 25.3. The summed E-state index contributed by atoms with van der Waals surface area (Å²) < 4.78 is 22.0. The third kappa shape index (κ3) is 28.9. The van der Waals surface area contributed by atoms with Crippen molar-refractivity contribution in [3.05, 3.63) is 85.1 Å². The molecule has 1 aliphatic rings. The van der Waals surface area contributed by atoms with Crippen LogP contribution in [0.25, 0.3) is 0 Å². The molecule has 10 heteroatoms. The number of esters is 2. The minimum atomic E-state index is -1.61. The molecule has 0 saturated carbocycles. The van der Waals surface area contributed by atoms with Crippen molar-refractivity contribution in [2.75, 3.05) is 19.8 Å². The minimum Gasteiger partial charge on any atom is -0.462 e. The maximum atomic E-state index is 12.7. The number of carbonyl (C=O) groups excluding carboxylic acids is 2. The van der Waals surface area contributed by atoms with Crippen molar-refractivity contribution in [1.29, 1.82) is 0 Å². The van der Waals surface area contributed by atoms with Gasteiger partial charge in [-0.3, -0.25) is 9.59 Å². The van der Waals surface area contributed by atoms with E-state index in [0.29, 0.717) is 19.3 Å². The second-order valence-electron chi connectivity index (χ2n) is 14.4. The van der Waals surface area contributed by atoms with Crippen molar-refractivity contribution in [1.82, 2.24) is 0 Å². The lowest BCUT2D eigenvalue weighted by molar-refractivity contribution is -0.305. The highest BCUT2D eigenvalue weighted by atomic mass is 16.7. The van der Waals surface area contributed by atoms with Crippen molar-refractivity contribution >= 4 is 11.9 Å². The average molecular weight is 801 g/mol. The predicted molar refractivity (Wildman–Crippen MR) is 228 cm³/mol. The van der Waals surface area contributed by atoms with Crippen LogP contribution < -0.4 is 0 Å². The molecule has 1 saturated heterocycles. The van der Waals surface area contributed by atoms with E-state index in [9.17, 15) is 30.0 Å². The number of carbonyl (C=O) groups is 2. The number of allylic oxidation sites excluding steroid dienone is 14. The van der Waals surface area contributed by atoms with Gasteiger partial charge in [0.25, 0.3) is 0 Å². The SMILES string of the molecule is CC/C=C/C/C=C/C/C=C/C/C=C/CCCCC(=O)OC[C@H](CO[C@@H]1O[C@H](CO)[C@H](O)C(O)C1O)OC(=O)CCC/C=C/C/C=C/C/C=C/CCCCCCCC. The van der Waals surface area contributed by atoms with Crippen LogP contribution in [0.1, 0.15) is 142 Å². The van der Waals surface area contributed by atoms with E-state index < -0.39 is 55.4 Å². The monoisotopic (exact) mass is 801 g/mol. The standard InChI is InChI=1S/C47H76O10/c1-3-5-7-9-11-13-15-17-19-20-22-24-26-28-30-32-34-36-43(50)56-40(39-55-47-46(53)45(52)44(51)41(37-48)57-47)38-54-42(49)35-33-31-29-27-25-23-21-18-16-14-12-10-8-6-4-2/h6,8,12,14,17-19,21-22,24-25,27-28,30,40-41,44-48,51-53H,3-5,7,9-11,13,15-16,20,23,26,29,31-39H2,1-2H3/b8-6+,14-12+,19-17+,21-18+,24-22+,27-25+,30-28+/t40-,41-,44+,45?,46?,47-/m1/s1. The minimum absolute atomic E-state index is 0.144. The zero-order chi connectivity index (χ0) is 41.6. The Morgan fingerprint density at radius 1 is 0.561 bits per heavy atom. The highest BCUT2D eigenvalue weighted by Gasteiger charge is 2.44. The Morgan fingerprint density at radius 2 is 1.05 bits per heavy atom. The van der Waals surface area contributed by atoms with Crippen LogP contribution in [0.5, 0.6) is 0 Å². The maximum absolute atomic E-state index is 12.7. The molecule has 0 aromatic heterocycles. The molecule has 1 aliphatic heterocycles. The smallest absolute Gasteiger partial charge is 0.306 e. The molecule has 4 N–H and O–H groups in total. The number of aliphatic hydroxyl groups excluding tert-OH is 4. The van der Waals surface area contributed by atoms with Crippen LogP contribution in [0.2, 0.25) is 0 Å². The van der Waals surface area contributed by atoms with E-state index in [1.165, 1.54) is 38.5 Å². The summed E-state index contributed by atoms with van der Waals surface area (Å²) >= 11 is 0. The molecule has 57 heavy (non-hydrogen) atoms. The molecule has 324 valence electrons. The van der Waals surface area contributed by atoms with Gasteiger partial charge in [-0.2, -0.15) is 0 Å². The van der Waals surface area contributed by atoms with Crippen molar-refractivity contribution in [2.24, 2.45) is 0 Å². The molecule has 0 radical (unpaired) electrons. The second kappa shape index (κ2) is 37.2. The number of unbranched alkanes of at least 4 members (excludes halogenated alkanes) is 9. The number of hydrogen-bond acceptors (Lipinski definition) is 10. The van der Waals surface area contributed by atoms with Gasteiger partial charge in [0.1, 0.15) is 31.0 Å². The van der Waals surface area contributed by atoms with Gasteiger partial charge in [0.05, 0.1) is 13.2 Å². The third-order valence-corrected chi connectivity index (χ3v) is 9.26. The van der Waals surface area contributed by atoms with Crippen LogP contribution in [0.4, 0.5) is 0 Å². The first-order valence-electron chi connectivity index (χ1n) is 21.7. The fourth-order valence-electron chi connectivity index (χ4n) is 5.84. The highest BCUT2D eigenvalue weighted by molar-refractivity contribution is 5.70. The lowest BCUT2D eigenvalue weighted by Crippen LogP contribution is -2.59. The Morgan fingerprint density at radius 3 is 1.61 bits per heavy atom. The summed E-state index contributed by atoms with van der Waals surface area (Å²) in [5, 5.41) is 40.0. The molecule has 1 rings (SSSR count). The molecule has 0 amide bonds. The molecule has 0 bridgehead atoms. The van der Waals surface area contributed by atoms with Gasteiger partial charge in [-0.15, -0.1) is 0 Å². The summed E-state index contributed by atoms with van der Waals surface area (Å²) in [6, 6.07) is 0. The summed E-state index contributed by atoms with van der Waals surface area (Å²) in [7, 11) is 0. The van der Waals surface area contributed by atoms with Crippen molar-refractivity contribution in [3.63, 3.8) is 0 Å². The summed E-state index contributed by atoms with van der Waals surface area (Å²) in [6.07, 6.45) is 40.3. The van der Waals surface area contributed by atoms with E-state index in [0.717, 1.165) is 57.8 Å². The van der Waals surface area contributed by atoms with Crippen LogP contribution in [-0.4, -0.2) is 89.0 Å². The van der Waals surface area contributed by atoms with Crippen molar-refractivity contribution in [3.8, 4) is 0 Å². The van der Waals surface area contributed by atoms with Gasteiger partial charge in [-0.1, -0.05) is 131 Å². The zero-order valence-corrected chi connectivity index (χ0v) is 35.0. The number of aliphatic hydroxyl groups is 4. The van der Waals surface area contributed by atoms with Gasteiger partial charge in [-0.25, -0.2) is 0 Å². The molecular formula is C47H76O10. The van der Waals surface area contributed by atoms with Gasteiger partial charge in [0.15, 0.2) is 12.4 Å². The van der Waals surface area contributed by atoms with E-state index in [-0.39, 0.29) is 26.1 Å². The van der Waals surface area contributed by atoms with Crippen LogP contribution >= 0.6 is 0 Å². The first-order chi connectivity index (χ1) is 27.8. The summed E-state index contributed by atoms with van der Waals surface area (Å²) in [6.45, 7) is 3.18. The number of hydrogen-bond donors (Lipinski definition) is 4. The first-order valence-corrected chi connectivity index (χ1v) is 21.7. The number of ether oxygens (including phenoxy) is 4. The lowest BCUT2D eigenvalue weighted by atomic mass is 9.99. The van der Waals surface area contributed by atoms with E-state index in [1.807, 2.05) is 6.08 Å². The molecule has 0 aromatic carbocycles. The Kier molecular flexibility index (Phi) is 33.8. The van der Waals surface area contributed by atoms with Crippen molar-refractivity contribution < 1.29 is 49.0 Å². The molecule has 0 aromatic rings. The fourth-order valence-corrected chi connectivity index (χ4v) is 5.84. The van der Waals surface area contributed by atoms with Crippen LogP contribution in [0.3, 0.4) is 0 Å². The van der Waals surface area contributed by atoms with E-state index in [1.54, 1.807) is 0 Å². The fraction of sp³-hybridized carbons (Fsp3) is 0.660. The van der Waals surface area contributed by atoms with Gasteiger partial charge >= 0.3 is 11.9 Å². The quantitative estimate of drug-likeness (QED) is 0.0282. The molecule has 1 fully saturated rings. The van der Waals surface area contributed by atoms with E-state index in [2.05, 4.69) is 92.8 Å². The molecular weight excluding hydrogens is 725 g/mol.